The lowest BCUT2D eigenvalue weighted by Gasteiger charge is -2.32. The van der Waals surface area contributed by atoms with Gasteiger partial charge in [-0.2, -0.15) is 0 Å². The fraction of sp³-hybridized carbons (Fsp3) is 0.696. The van der Waals surface area contributed by atoms with Crippen molar-refractivity contribution >= 4 is 29.9 Å². The molecule has 2 atom stereocenters. The Hall–Kier alpha value is -0.900. The third-order valence-corrected chi connectivity index (χ3v) is 6.17. The molecule has 1 N–H and O–H groups in total. The van der Waals surface area contributed by atoms with Crippen molar-refractivity contribution in [3.63, 3.8) is 0 Å². The summed E-state index contributed by atoms with van der Waals surface area (Å²) in [6.07, 6.45) is 2.29. The van der Waals surface area contributed by atoms with Crippen molar-refractivity contribution in [1.29, 1.82) is 0 Å². The topological polar surface area (TPSA) is 43.3 Å². The van der Waals surface area contributed by atoms with E-state index in [4.69, 9.17) is 9.73 Å². The second kappa shape index (κ2) is 12.8. The Morgan fingerprint density at radius 3 is 2.47 bits per heavy atom. The van der Waals surface area contributed by atoms with E-state index in [9.17, 15) is 0 Å². The third kappa shape index (κ3) is 6.80. The fourth-order valence-electron chi connectivity index (χ4n) is 4.32. The molecule has 170 valence electrons. The standard InChI is InChI=1S/C23H39N5O.HI/c1-5-19-7-9-20(10-8-19)22(26(3)4)17-25-23(24-6-2)28-12-11-21(18-28)27-13-15-29-16-14-27;/h7-10,21-22H,5-6,11-18H2,1-4H3,(H,24,25);1H. The average molecular weight is 530 g/mol. The van der Waals surface area contributed by atoms with Crippen LogP contribution in [0.5, 0.6) is 0 Å². The number of aryl methyl sites for hydroxylation is 1. The first-order chi connectivity index (χ1) is 14.1. The Morgan fingerprint density at radius 1 is 1.17 bits per heavy atom. The second-order valence-corrected chi connectivity index (χ2v) is 8.31. The summed E-state index contributed by atoms with van der Waals surface area (Å²) in [6.45, 7) is 12.0. The Bertz CT molecular complexity index is 645. The van der Waals surface area contributed by atoms with Crippen molar-refractivity contribution in [1.82, 2.24) is 20.0 Å². The van der Waals surface area contributed by atoms with E-state index in [1.807, 2.05) is 0 Å². The molecule has 1 aromatic carbocycles. The second-order valence-electron chi connectivity index (χ2n) is 8.31. The number of guanidine groups is 1. The van der Waals surface area contributed by atoms with Crippen LogP contribution in [-0.4, -0.2) is 93.3 Å². The van der Waals surface area contributed by atoms with Gasteiger partial charge in [-0.1, -0.05) is 31.2 Å². The number of likely N-dealkylation sites (N-methyl/N-ethyl adjacent to an activating group) is 1. The molecule has 0 bridgehead atoms. The number of likely N-dealkylation sites (tertiary alicyclic amines) is 1. The maximum Gasteiger partial charge on any atom is 0.194 e. The molecule has 2 fully saturated rings. The van der Waals surface area contributed by atoms with Gasteiger partial charge < -0.3 is 19.9 Å². The SMILES string of the molecule is CCNC(=NCC(c1ccc(CC)cc1)N(C)C)N1CCC(N2CCOCC2)C1.I. The number of nitrogens with zero attached hydrogens (tertiary/aromatic N) is 4. The lowest BCUT2D eigenvalue weighted by Crippen LogP contribution is -2.46. The number of hydrogen-bond acceptors (Lipinski definition) is 4. The molecule has 30 heavy (non-hydrogen) atoms. The van der Waals surface area contributed by atoms with Gasteiger partial charge in [-0.3, -0.25) is 9.89 Å². The van der Waals surface area contributed by atoms with Crippen LogP contribution in [0.25, 0.3) is 0 Å². The van der Waals surface area contributed by atoms with Crippen LogP contribution in [0.15, 0.2) is 29.3 Å². The monoisotopic (exact) mass is 529 g/mol. The first-order valence-corrected chi connectivity index (χ1v) is 11.2. The molecule has 2 saturated heterocycles. The number of ether oxygens (including phenoxy) is 1. The van der Waals surface area contributed by atoms with Gasteiger partial charge in [-0.25, -0.2) is 0 Å². The smallest absolute Gasteiger partial charge is 0.194 e. The highest BCUT2D eigenvalue weighted by molar-refractivity contribution is 14.0. The quantitative estimate of drug-likeness (QED) is 0.335. The van der Waals surface area contributed by atoms with Crippen LogP contribution in [0.4, 0.5) is 0 Å². The molecule has 1 aromatic rings. The number of nitrogens with one attached hydrogen (secondary N) is 1. The van der Waals surface area contributed by atoms with E-state index in [1.165, 1.54) is 17.5 Å². The molecule has 0 amide bonds. The summed E-state index contributed by atoms with van der Waals surface area (Å²) < 4.78 is 5.52. The molecule has 7 heteroatoms. The van der Waals surface area contributed by atoms with Gasteiger partial charge in [0.15, 0.2) is 5.96 Å². The van der Waals surface area contributed by atoms with Gasteiger partial charge >= 0.3 is 0 Å². The zero-order chi connectivity index (χ0) is 20.6. The molecule has 0 aliphatic carbocycles. The first kappa shape index (κ1) is 25.4. The lowest BCUT2D eigenvalue weighted by atomic mass is 10.0. The molecule has 0 aromatic heterocycles. The van der Waals surface area contributed by atoms with Crippen LogP contribution in [0.3, 0.4) is 0 Å². The molecular weight excluding hydrogens is 489 g/mol. The molecule has 3 rings (SSSR count). The summed E-state index contributed by atoms with van der Waals surface area (Å²) in [5.41, 5.74) is 2.72. The average Bonchev–Trinajstić information content (AvgIpc) is 3.24. The predicted molar refractivity (Wildman–Crippen MR) is 136 cm³/mol. The van der Waals surface area contributed by atoms with Crippen molar-refractivity contribution in [2.75, 3.05) is 66.6 Å². The van der Waals surface area contributed by atoms with Crippen LogP contribution in [-0.2, 0) is 11.2 Å². The number of aliphatic imine (C=N–C) groups is 1. The minimum atomic E-state index is 0. The molecule has 2 unspecified atom stereocenters. The number of hydrogen-bond donors (Lipinski definition) is 1. The Kier molecular flexibility index (Phi) is 10.8. The Morgan fingerprint density at radius 2 is 1.87 bits per heavy atom. The van der Waals surface area contributed by atoms with E-state index in [0.29, 0.717) is 6.04 Å². The van der Waals surface area contributed by atoms with Crippen LogP contribution < -0.4 is 5.32 Å². The number of morpholine rings is 1. The largest absolute Gasteiger partial charge is 0.379 e. The molecular formula is C23H40IN5O. The van der Waals surface area contributed by atoms with Crippen molar-refractivity contribution in [2.24, 2.45) is 4.99 Å². The van der Waals surface area contributed by atoms with Crippen LogP contribution in [0.1, 0.15) is 37.4 Å². The summed E-state index contributed by atoms with van der Waals surface area (Å²) in [5.74, 6) is 1.06. The van der Waals surface area contributed by atoms with Gasteiger partial charge in [0.1, 0.15) is 0 Å². The van der Waals surface area contributed by atoms with E-state index in [1.54, 1.807) is 0 Å². The maximum absolute atomic E-state index is 5.52. The van der Waals surface area contributed by atoms with E-state index in [0.717, 1.165) is 64.9 Å². The zero-order valence-electron chi connectivity index (χ0n) is 19.1. The lowest BCUT2D eigenvalue weighted by molar-refractivity contribution is 0.0195. The molecule has 0 radical (unpaired) electrons. The minimum Gasteiger partial charge on any atom is -0.379 e. The minimum absolute atomic E-state index is 0. The number of rotatable bonds is 7. The van der Waals surface area contributed by atoms with Crippen molar-refractivity contribution < 1.29 is 4.74 Å². The highest BCUT2D eigenvalue weighted by atomic mass is 127. The molecule has 2 aliphatic heterocycles. The van der Waals surface area contributed by atoms with Crippen molar-refractivity contribution in [3.8, 4) is 0 Å². The molecule has 0 saturated carbocycles. The number of halogens is 1. The molecule has 6 nitrogen and oxygen atoms in total. The van der Waals surface area contributed by atoms with E-state index in [-0.39, 0.29) is 30.0 Å². The van der Waals surface area contributed by atoms with Crippen LogP contribution in [0.2, 0.25) is 0 Å². The summed E-state index contributed by atoms with van der Waals surface area (Å²) >= 11 is 0. The highest BCUT2D eigenvalue weighted by Gasteiger charge is 2.30. The molecule has 0 spiro atoms. The summed E-state index contributed by atoms with van der Waals surface area (Å²) in [5, 5.41) is 3.53. The molecule has 2 heterocycles. The van der Waals surface area contributed by atoms with E-state index >= 15 is 0 Å². The van der Waals surface area contributed by atoms with Gasteiger partial charge in [0.05, 0.1) is 25.8 Å². The molecule has 2 aliphatic rings. The maximum atomic E-state index is 5.52. The van der Waals surface area contributed by atoms with Crippen LogP contribution in [0, 0.1) is 0 Å². The van der Waals surface area contributed by atoms with Crippen LogP contribution >= 0.6 is 24.0 Å². The normalized spacial score (nSPS) is 21.6. The first-order valence-electron chi connectivity index (χ1n) is 11.2. The fourth-order valence-corrected chi connectivity index (χ4v) is 4.32. The summed E-state index contributed by atoms with van der Waals surface area (Å²) in [4.78, 5) is 12.4. The van der Waals surface area contributed by atoms with Crippen molar-refractivity contribution in [2.45, 2.75) is 38.8 Å². The van der Waals surface area contributed by atoms with E-state index in [2.05, 4.69) is 72.2 Å². The van der Waals surface area contributed by atoms with Gasteiger partial charge in [0.2, 0.25) is 0 Å². The van der Waals surface area contributed by atoms with E-state index < -0.39 is 0 Å². The highest BCUT2D eigenvalue weighted by Crippen LogP contribution is 2.21. The third-order valence-electron chi connectivity index (χ3n) is 6.17. The Labute approximate surface area is 200 Å². The number of benzene rings is 1. The zero-order valence-corrected chi connectivity index (χ0v) is 21.5. The Balaban J connectivity index is 0.00000320. The summed E-state index contributed by atoms with van der Waals surface area (Å²) in [7, 11) is 4.29. The van der Waals surface area contributed by atoms with Gasteiger partial charge in [0.25, 0.3) is 0 Å². The van der Waals surface area contributed by atoms with Gasteiger partial charge in [-0.15, -0.1) is 24.0 Å². The van der Waals surface area contributed by atoms with Gasteiger partial charge in [-0.05, 0) is 45.0 Å². The predicted octanol–water partition coefficient (Wildman–Crippen LogP) is 2.84. The van der Waals surface area contributed by atoms with Crippen molar-refractivity contribution in [3.05, 3.63) is 35.4 Å². The summed E-state index contributed by atoms with van der Waals surface area (Å²) in [6, 6.07) is 9.91. The van der Waals surface area contributed by atoms with Gasteiger partial charge in [0, 0.05) is 38.8 Å².